The summed E-state index contributed by atoms with van der Waals surface area (Å²) >= 11 is 0. The summed E-state index contributed by atoms with van der Waals surface area (Å²) in [5, 5.41) is 3.42. The summed E-state index contributed by atoms with van der Waals surface area (Å²) in [7, 11) is 0. The fourth-order valence-electron chi connectivity index (χ4n) is 1.92. The first-order chi connectivity index (χ1) is 8.42. The molecule has 0 aromatic carbocycles. The van der Waals surface area contributed by atoms with Crippen LogP contribution in [0.3, 0.4) is 0 Å². The summed E-state index contributed by atoms with van der Waals surface area (Å²) in [5.74, 6) is 0.863. The molecule has 1 amide bonds. The van der Waals surface area contributed by atoms with Gasteiger partial charge in [-0.05, 0) is 53.0 Å². The lowest BCUT2D eigenvalue weighted by Gasteiger charge is -2.28. The van der Waals surface area contributed by atoms with Crippen molar-refractivity contribution in [3.63, 3.8) is 0 Å². The van der Waals surface area contributed by atoms with Crippen molar-refractivity contribution in [3.05, 3.63) is 0 Å². The molecule has 0 unspecified atom stereocenters. The van der Waals surface area contributed by atoms with Gasteiger partial charge in [0.05, 0.1) is 0 Å². The van der Waals surface area contributed by atoms with Gasteiger partial charge in [0.1, 0.15) is 5.60 Å². The Morgan fingerprint density at radius 1 is 1.39 bits per heavy atom. The number of amides is 1. The first-order valence-corrected chi connectivity index (χ1v) is 7.11. The van der Waals surface area contributed by atoms with Crippen LogP contribution in [-0.4, -0.2) is 42.8 Å². The zero-order valence-corrected chi connectivity index (χ0v) is 12.3. The minimum atomic E-state index is -0.413. The molecule has 4 heteroatoms. The van der Waals surface area contributed by atoms with E-state index >= 15 is 0 Å². The highest BCUT2D eigenvalue weighted by Gasteiger charge is 2.21. The molecule has 18 heavy (non-hydrogen) atoms. The molecule has 1 aliphatic carbocycles. The summed E-state index contributed by atoms with van der Waals surface area (Å²) in [6.45, 7) is 11.0. The third-order valence-corrected chi connectivity index (χ3v) is 3.25. The molecular weight excluding hydrogens is 228 g/mol. The van der Waals surface area contributed by atoms with Crippen LogP contribution in [0.15, 0.2) is 0 Å². The van der Waals surface area contributed by atoms with Crippen molar-refractivity contribution in [2.75, 3.05) is 26.2 Å². The molecule has 0 aromatic rings. The molecule has 0 aromatic heterocycles. The van der Waals surface area contributed by atoms with Gasteiger partial charge in [-0.1, -0.05) is 6.42 Å². The summed E-state index contributed by atoms with van der Waals surface area (Å²) in [5.41, 5.74) is -0.413. The summed E-state index contributed by atoms with van der Waals surface area (Å²) < 4.78 is 5.36. The molecule has 106 valence electrons. The van der Waals surface area contributed by atoms with Gasteiger partial charge >= 0.3 is 6.09 Å². The number of likely N-dealkylation sites (N-methyl/N-ethyl adjacent to an activating group) is 1. The smallest absolute Gasteiger partial charge is 0.410 e. The van der Waals surface area contributed by atoms with Gasteiger partial charge < -0.3 is 15.0 Å². The number of carbonyl (C=O) groups excluding carboxylic acids is 1. The SMILES string of the molecule is CCN(CCNCC1CCC1)C(=O)OC(C)(C)C. The van der Waals surface area contributed by atoms with Crippen LogP contribution in [0, 0.1) is 5.92 Å². The normalized spacial score (nSPS) is 16.2. The molecule has 1 N–H and O–H groups in total. The number of hydrogen-bond acceptors (Lipinski definition) is 3. The second-order valence-corrected chi connectivity index (χ2v) is 6.06. The van der Waals surface area contributed by atoms with E-state index < -0.39 is 5.60 Å². The van der Waals surface area contributed by atoms with Gasteiger partial charge in [-0.15, -0.1) is 0 Å². The highest BCUT2D eigenvalue weighted by molar-refractivity contribution is 5.68. The molecule has 1 fully saturated rings. The van der Waals surface area contributed by atoms with E-state index in [0.717, 1.165) is 25.6 Å². The highest BCUT2D eigenvalue weighted by Crippen LogP contribution is 2.24. The second-order valence-electron chi connectivity index (χ2n) is 6.06. The molecule has 0 aliphatic heterocycles. The first-order valence-electron chi connectivity index (χ1n) is 7.11. The monoisotopic (exact) mass is 256 g/mol. The molecule has 0 spiro atoms. The lowest BCUT2D eigenvalue weighted by Crippen LogP contribution is -2.41. The van der Waals surface area contributed by atoms with Gasteiger partial charge in [0.2, 0.25) is 0 Å². The quantitative estimate of drug-likeness (QED) is 0.743. The van der Waals surface area contributed by atoms with Crippen molar-refractivity contribution >= 4 is 6.09 Å². The third kappa shape index (κ3) is 5.71. The van der Waals surface area contributed by atoms with Crippen LogP contribution in [0.4, 0.5) is 4.79 Å². The summed E-state index contributed by atoms with van der Waals surface area (Å²) in [4.78, 5) is 13.6. The maximum atomic E-state index is 11.9. The Kier molecular flexibility index (Phi) is 5.93. The zero-order valence-electron chi connectivity index (χ0n) is 12.3. The number of hydrogen-bond donors (Lipinski definition) is 1. The van der Waals surface area contributed by atoms with Crippen molar-refractivity contribution < 1.29 is 9.53 Å². The van der Waals surface area contributed by atoms with Crippen LogP contribution in [0.5, 0.6) is 0 Å². The van der Waals surface area contributed by atoms with Gasteiger partial charge in [0, 0.05) is 19.6 Å². The van der Waals surface area contributed by atoms with E-state index in [1.54, 1.807) is 4.90 Å². The lowest BCUT2D eigenvalue weighted by molar-refractivity contribution is 0.0261. The average molecular weight is 256 g/mol. The van der Waals surface area contributed by atoms with E-state index in [1.807, 2.05) is 27.7 Å². The summed E-state index contributed by atoms with van der Waals surface area (Å²) in [6, 6.07) is 0. The highest BCUT2D eigenvalue weighted by atomic mass is 16.6. The maximum Gasteiger partial charge on any atom is 0.410 e. The third-order valence-electron chi connectivity index (χ3n) is 3.25. The van der Waals surface area contributed by atoms with E-state index in [4.69, 9.17) is 4.74 Å². The Labute approximate surface area is 111 Å². The van der Waals surface area contributed by atoms with Crippen molar-refractivity contribution in [1.82, 2.24) is 10.2 Å². The topological polar surface area (TPSA) is 41.6 Å². The lowest BCUT2D eigenvalue weighted by atomic mass is 9.85. The minimum absolute atomic E-state index is 0.213. The van der Waals surface area contributed by atoms with Gasteiger partial charge in [0.15, 0.2) is 0 Å². The Morgan fingerprint density at radius 2 is 2.06 bits per heavy atom. The van der Waals surface area contributed by atoms with E-state index in [2.05, 4.69) is 5.32 Å². The molecule has 0 heterocycles. The van der Waals surface area contributed by atoms with Gasteiger partial charge in [-0.2, -0.15) is 0 Å². The van der Waals surface area contributed by atoms with Gasteiger partial charge in [-0.3, -0.25) is 0 Å². The van der Waals surface area contributed by atoms with E-state index in [-0.39, 0.29) is 6.09 Å². The van der Waals surface area contributed by atoms with Gasteiger partial charge in [-0.25, -0.2) is 4.79 Å². The first kappa shape index (κ1) is 15.3. The van der Waals surface area contributed by atoms with Crippen LogP contribution in [-0.2, 0) is 4.74 Å². The predicted molar refractivity (Wildman–Crippen MR) is 73.7 cm³/mol. The summed E-state index contributed by atoms with van der Waals surface area (Å²) in [6.07, 6.45) is 3.88. The van der Waals surface area contributed by atoms with Crippen molar-refractivity contribution in [2.45, 2.75) is 52.6 Å². The van der Waals surface area contributed by atoms with Crippen LogP contribution in [0.1, 0.15) is 47.0 Å². The number of rotatable bonds is 6. The minimum Gasteiger partial charge on any atom is -0.444 e. The molecule has 1 aliphatic rings. The van der Waals surface area contributed by atoms with Crippen LogP contribution < -0.4 is 5.32 Å². The Morgan fingerprint density at radius 3 is 2.50 bits per heavy atom. The second kappa shape index (κ2) is 6.98. The molecule has 1 rings (SSSR count). The molecule has 1 saturated carbocycles. The zero-order chi connectivity index (χ0) is 13.6. The number of carbonyl (C=O) groups is 1. The maximum absolute atomic E-state index is 11.9. The molecule has 4 nitrogen and oxygen atoms in total. The largest absolute Gasteiger partial charge is 0.444 e. The van der Waals surface area contributed by atoms with Crippen LogP contribution in [0.2, 0.25) is 0 Å². The molecule has 0 radical (unpaired) electrons. The number of ether oxygens (including phenoxy) is 1. The number of nitrogens with one attached hydrogen (secondary N) is 1. The Hall–Kier alpha value is -0.770. The van der Waals surface area contributed by atoms with Crippen molar-refractivity contribution in [1.29, 1.82) is 0 Å². The van der Waals surface area contributed by atoms with E-state index in [1.165, 1.54) is 19.3 Å². The fourth-order valence-corrected chi connectivity index (χ4v) is 1.92. The van der Waals surface area contributed by atoms with Crippen molar-refractivity contribution in [2.24, 2.45) is 5.92 Å². The Bertz CT molecular complexity index is 257. The van der Waals surface area contributed by atoms with Crippen molar-refractivity contribution in [3.8, 4) is 0 Å². The molecule has 0 saturated heterocycles. The van der Waals surface area contributed by atoms with Gasteiger partial charge in [0.25, 0.3) is 0 Å². The standard InChI is InChI=1S/C14H28N2O2/c1-5-16(13(17)18-14(2,3)4)10-9-15-11-12-7-6-8-12/h12,15H,5-11H2,1-4H3. The average Bonchev–Trinajstić information content (AvgIpc) is 2.17. The van der Waals surface area contributed by atoms with E-state index in [9.17, 15) is 4.79 Å². The fraction of sp³-hybridized carbons (Fsp3) is 0.929. The molecule has 0 bridgehead atoms. The van der Waals surface area contributed by atoms with E-state index in [0.29, 0.717) is 6.54 Å². The van der Waals surface area contributed by atoms with Crippen LogP contribution in [0.25, 0.3) is 0 Å². The number of nitrogens with zero attached hydrogens (tertiary/aromatic N) is 1. The molecule has 0 atom stereocenters. The Balaban J connectivity index is 2.17. The van der Waals surface area contributed by atoms with Crippen LogP contribution >= 0.6 is 0 Å². The molecular formula is C14H28N2O2. The predicted octanol–water partition coefficient (Wildman–Crippen LogP) is 2.63.